The average molecular weight is 676 g/mol. The monoisotopic (exact) mass is 675 g/mol. The minimum Gasteiger partial charge on any atom is -0.508 e. The SMILES string of the molecule is CCc1cccc2cc(O)cc(-c3c(F)c4c5c(nc(OC[C@]67C[C@@H](F)CN6C[C@@H](COC)C7)nc5c3F)N3CC5CCC(N5)[C@@H]3CO4)c12. The van der Waals surface area contributed by atoms with E-state index in [1.165, 1.54) is 6.07 Å². The van der Waals surface area contributed by atoms with Gasteiger partial charge in [-0.2, -0.15) is 9.97 Å². The number of aryl methyl sites for hydroxylation is 1. The molecule has 5 aliphatic rings. The molecule has 3 aromatic carbocycles. The first-order valence-electron chi connectivity index (χ1n) is 17.4. The van der Waals surface area contributed by atoms with Crippen molar-refractivity contribution in [2.24, 2.45) is 5.92 Å². The summed E-state index contributed by atoms with van der Waals surface area (Å²) in [7, 11) is 1.67. The number of nitrogens with zero attached hydrogens (tertiary/aromatic N) is 4. The summed E-state index contributed by atoms with van der Waals surface area (Å²) in [6.07, 6.45) is 2.60. The van der Waals surface area contributed by atoms with Crippen LogP contribution in [0.15, 0.2) is 30.3 Å². The zero-order valence-corrected chi connectivity index (χ0v) is 27.6. The van der Waals surface area contributed by atoms with Gasteiger partial charge in [-0.3, -0.25) is 4.90 Å². The first-order chi connectivity index (χ1) is 23.8. The molecule has 0 amide bonds. The Bertz CT molecular complexity index is 1980. The lowest BCUT2D eigenvalue weighted by Gasteiger charge is -2.40. The van der Waals surface area contributed by atoms with Gasteiger partial charge in [-0.1, -0.05) is 25.1 Å². The van der Waals surface area contributed by atoms with Crippen molar-refractivity contribution in [2.75, 3.05) is 51.5 Å². The van der Waals surface area contributed by atoms with E-state index in [0.29, 0.717) is 62.1 Å². The Kier molecular flexibility index (Phi) is 7.37. The van der Waals surface area contributed by atoms with E-state index in [-0.39, 0.29) is 76.8 Å². The quantitative estimate of drug-likeness (QED) is 0.263. The summed E-state index contributed by atoms with van der Waals surface area (Å²) >= 11 is 0. The van der Waals surface area contributed by atoms with Crippen LogP contribution in [-0.4, -0.2) is 96.4 Å². The Morgan fingerprint density at radius 1 is 1.08 bits per heavy atom. The van der Waals surface area contributed by atoms with Gasteiger partial charge in [-0.25, -0.2) is 13.2 Å². The molecule has 258 valence electrons. The van der Waals surface area contributed by atoms with Gasteiger partial charge in [-0.05, 0) is 65.6 Å². The molecule has 6 heterocycles. The Labute approximate surface area is 282 Å². The fourth-order valence-electron chi connectivity index (χ4n) is 9.56. The van der Waals surface area contributed by atoms with Gasteiger partial charge < -0.3 is 29.5 Å². The number of fused-ring (bicyclic) bond motifs is 7. The highest BCUT2D eigenvalue weighted by molar-refractivity contribution is 6.05. The second-order valence-corrected chi connectivity index (χ2v) is 14.6. The van der Waals surface area contributed by atoms with Crippen LogP contribution in [0.1, 0.15) is 38.2 Å². The van der Waals surface area contributed by atoms with Crippen LogP contribution >= 0.6 is 0 Å². The van der Waals surface area contributed by atoms with Crippen LogP contribution in [-0.2, 0) is 11.2 Å². The Morgan fingerprint density at radius 3 is 2.80 bits per heavy atom. The molecule has 1 aromatic heterocycles. The van der Waals surface area contributed by atoms with Gasteiger partial charge in [0.05, 0.1) is 29.1 Å². The number of phenols is 1. The van der Waals surface area contributed by atoms with Gasteiger partial charge in [0.1, 0.15) is 36.5 Å². The molecule has 0 aliphatic carbocycles. The van der Waals surface area contributed by atoms with Crippen LogP contribution in [0.2, 0.25) is 0 Å². The van der Waals surface area contributed by atoms with Crippen molar-refractivity contribution in [1.29, 1.82) is 0 Å². The number of piperazine rings is 1. The number of hydrogen-bond donors (Lipinski definition) is 2. The molecule has 0 spiro atoms. The van der Waals surface area contributed by atoms with Crippen molar-refractivity contribution in [1.82, 2.24) is 20.2 Å². The highest BCUT2D eigenvalue weighted by Gasteiger charge is 2.53. The van der Waals surface area contributed by atoms with Crippen molar-refractivity contribution in [2.45, 2.75) is 68.9 Å². The maximum Gasteiger partial charge on any atom is 0.319 e. The summed E-state index contributed by atoms with van der Waals surface area (Å²) in [5.74, 6) is -1.33. The number of rotatable bonds is 7. The summed E-state index contributed by atoms with van der Waals surface area (Å²) in [6.45, 7) is 4.49. The lowest BCUT2D eigenvalue weighted by atomic mass is 9.90. The smallest absolute Gasteiger partial charge is 0.319 e. The van der Waals surface area contributed by atoms with Crippen molar-refractivity contribution in [3.05, 3.63) is 47.5 Å². The lowest BCUT2D eigenvalue weighted by molar-refractivity contribution is 0.107. The number of aromatic nitrogens is 2. The van der Waals surface area contributed by atoms with E-state index in [0.717, 1.165) is 18.4 Å². The standard InChI is InChI=1S/C37H40F3N5O4/c1-3-20-5-4-6-21-9-24(46)10-25(28(20)21)29-31(39)33-30-34(32(29)40)48-17-27-26-8-7-23(41-26)15-45(27)35(30)43-36(42-33)49-18-37-11-19(16-47-2)13-44(37)14-22(38)12-37/h4-6,9-10,19,22-23,26-27,41,46H,3,7-8,11-18H2,1-2H3/t19-,22+,23?,26?,27-,37-/m0/s1. The van der Waals surface area contributed by atoms with Crippen LogP contribution < -0.4 is 19.7 Å². The Balaban J connectivity index is 1.23. The van der Waals surface area contributed by atoms with Crippen LogP contribution in [0.3, 0.4) is 0 Å². The number of aromatic hydroxyl groups is 1. The normalized spacial score (nSPS) is 28.9. The number of benzene rings is 3. The van der Waals surface area contributed by atoms with Gasteiger partial charge in [0.2, 0.25) is 0 Å². The van der Waals surface area contributed by atoms with E-state index >= 15 is 8.78 Å². The summed E-state index contributed by atoms with van der Waals surface area (Å²) in [6, 6.07) is 8.71. The molecule has 2 bridgehead atoms. The molecule has 4 aromatic rings. The molecule has 0 radical (unpaired) electrons. The minimum atomic E-state index is -0.973. The highest BCUT2D eigenvalue weighted by atomic mass is 19.1. The third-order valence-corrected chi connectivity index (χ3v) is 11.6. The molecule has 4 saturated heterocycles. The number of anilines is 1. The number of ether oxygens (including phenoxy) is 3. The molecule has 0 saturated carbocycles. The van der Waals surface area contributed by atoms with Gasteiger partial charge in [0.25, 0.3) is 0 Å². The van der Waals surface area contributed by atoms with Crippen LogP contribution in [0.25, 0.3) is 32.8 Å². The van der Waals surface area contributed by atoms with E-state index in [9.17, 15) is 9.50 Å². The number of halogens is 3. The van der Waals surface area contributed by atoms with Gasteiger partial charge in [0, 0.05) is 45.2 Å². The van der Waals surface area contributed by atoms with Crippen LogP contribution in [0.5, 0.6) is 17.5 Å². The molecule has 5 aliphatic heterocycles. The van der Waals surface area contributed by atoms with Gasteiger partial charge in [-0.15, -0.1) is 0 Å². The van der Waals surface area contributed by atoms with E-state index in [2.05, 4.69) is 20.1 Å². The molecule has 49 heavy (non-hydrogen) atoms. The average Bonchev–Trinajstić information content (AvgIpc) is 3.68. The van der Waals surface area contributed by atoms with Crippen molar-refractivity contribution < 1.29 is 32.5 Å². The molecule has 4 fully saturated rings. The van der Waals surface area contributed by atoms with Crippen LogP contribution in [0, 0.1) is 17.6 Å². The van der Waals surface area contributed by atoms with Gasteiger partial charge in [0.15, 0.2) is 17.4 Å². The third kappa shape index (κ3) is 4.85. The predicted molar refractivity (Wildman–Crippen MR) is 179 cm³/mol. The zero-order valence-electron chi connectivity index (χ0n) is 27.6. The fraction of sp³-hybridized carbons (Fsp3) is 0.514. The second-order valence-electron chi connectivity index (χ2n) is 14.6. The minimum absolute atomic E-state index is 0.0433. The topological polar surface area (TPSA) is 92.2 Å². The summed E-state index contributed by atoms with van der Waals surface area (Å²) in [5.41, 5.74) is 0.123. The molecule has 9 rings (SSSR count). The van der Waals surface area contributed by atoms with E-state index in [1.54, 1.807) is 13.2 Å². The molecule has 9 nitrogen and oxygen atoms in total. The maximum absolute atomic E-state index is 17.3. The first-order valence-corrected chi connectivity index (χ1v) is 17.4. The maximum atomic E-state index is 17.3. The van der Waals surface area contributed by atoms with Crippen LogP contribution in [0.4, 0.5) is 19.0 Å². The Morgan fingerprint density at radius 2 is 1.96 bits per heavy atom. The van der Waals surface area contributed by atoms with Gasteiger partial charge >= 0.3 is 6.01 Å². The zero-order chi connectivity index (χ0) is 33.6. The second kappa shape index (κ2) is 11.6. The molecular weight excluding hydrogens is 635 g/mol. The summed E-state index contributed by atoms with van der Waals surface area (Å²) in [4.78, 5) is 13.7. The number of alkyl halides is 1. The van der Waals surface area contributed by atoms with Crippen molar-refractivity contribution in [3.8, 4) is 28.6 Å². The predicted octanol–water partition coefficient (Wildman–Crippen LogP) is 5.53. The first kappa shape index (κ1) is 31.1. The summed E-state index contributed by atoms with van der Waals surface area (Å²) in [5, 5.41) is 15.9. The van der Waals surface area contributed by atoms with E-state index < -0.39 is 23.3 Å². The largest absolute Gasteiger partial charge is 0.508 e. The summed E-state index contributed by atoms with van der Waals surface area (Å²) < 4.78 is 67.2. The third-order valence-electron chi connectivity index (χ3n) is 11.6. The van der Waals surface area contributed by atoms with E-state index in [1.807, 2.05) is 25.1 Å². The highest BCUT2D eigenvalue weighted by Crippen LogP contribution is 2.49. The van der Waals surface area contributed by atoms with Crippen molar-refractivity contribution >= 4 is 27.5 Å². The lowest BCUT2D eigenvalue weighted by Crippen LogP contribution is -2.60. The number of nitrogens with one attached hydrogen (secondary N) is 1. The van der Waals surface area contributed by atoms with E-state index in [4.69, 9.17) is 19.2 Å². The molecular formula is C37H40F3N5O4. The van der Waals surface area contributed by atoms with Crippen molar-refractivity contribution in [3.63, 3.8) is 0 Å². The molecule has 2 unspecified atom stereocenters. The fourth-order valence-corrected chi connectivity index (χ4v) is 9.56. The Hall–Kier alpha value is -3.87. The number of phenolic OH excluding ortho intramolecular Hbond substituents is 1. The molecule has 6 atom stereocenters. The number of hydrogen-bond acceptors (Lipinski definition) is 9. The number of methoxy groups -OCH3 is 1. The molecule has 12 heteroatoms. The molecule has 2 N–H and O–H groups in total.